The lowest BCUT2D eigenvalue weighted by atomic mass is 10.1. The van der Waals surface area contributed by atoms with Gasteiger partial charge in [-0.3, -0.25) is 9.59 Å². The van der Waals surface area contributed by atoms with Crippen LogP contribution in [0, 0.1) is 0 Å². The Morgan fingerprint density at radius 1 is 1.00 bits per heavy atom. The van der Waals surface area contributed by atoms with Gasteiger partial charge in [0.05, 0.1) is 0 Å². The van der Waals surface area contributed by atoms with Gasteiger partial charge in [-0.15, -0.1) is 12.4 Å². The quantitative estimate of drug-likeness (QED) is 0.720. The van der Waals surface area contributed by atoms with Gasteiger partial charge in [0.25, 0.3) is 0 Å². The highest BCUT2D eigenvalue weighted by atomic mass is 35.5. The van der Waals surface area contributed by atoms with Crippen molar-refractivity contribution in [2.45, 2.75) is 0 Å². The first-order valence-electron chi connectivity index (χ1n) is 3.31. The van der Waals surface area contributed by atoms with Crippen LogP contribution in [0.5, 0.6) is 0 Å². The molecule has 0 heterocycles. The summed E-state index contributed by atoms with van der Waals surface area (Å²) in [4.78, 5) is 21.3. The molecule has 0 spiro atoms. The molecule has 0 saturated heterocycles. The van der Waals surface area contributed by atoms with Gasteiger partial charge in [0, 0.05) is 11.1 Å². The topological polar surface area (TPSA) is 86.2 Å². The molecule has 0 aliphatic rings. The Hall–Kier alpha value is -1.55. The van der Waals surface area contributed by atoms with Crippen LogP contribution in [0.4, 0.5) is 0 Å². The molecule has 0 atom stereocenters. The van der Waals surface area contributed by atoms with E-state index in [9.17, 15) is 9.59 Å². The van der Waals surface area contributed by atoms with E-state index < -0.39 is 11.8 Å². The molecule has 2 amide bonds. The first-order valence-corrected chi connectivity index (χ1v) is 3.31. The average molecular weight is 201 g/mol. The third kappa shape index (κ3) is 2.76. The molecule has 1 rings (SSSR count). The van der Waals surface area contributed by atoms with E-state index in [0.717, 1.165) is 0 Å². The Labute approximate surface area is 81.3 Å². The fourth-order valence-corrected chi connectivity index (χ4v) is 0.826. The average Bonchev–Trinajstić information content (AvgIpc) is 2.04. The van der Waals surface area contributed by atoms with Crippen molar-refractivity contribution >= 4 is 24.2 Å². The number of primary amides is 2. The number of halogens is 1. The zero-order chi connectivity index (χ0) is 9.14. The molecule has 13 heavy (non-hydrogen) atoms. The van der Waals surface area contributed by atoms with Crippen molar-refractivity contribution in [2.75, 3.05) is 0 Å². The van der Waals surface area contributed by atoms with Crippen LogP contribution in [0.2, 0.25) is 0 Å². The first kappa shape index (κ1) is 11.4. The minimum atomic E-state index is -0.571. The standard InChI is InChI=1S/C8H8N2O2.ClH/c9-7(11)5-2-1-3-6(4-5)8(10)12;/h1-4H,(H2,9,11)(H2,10,12);1H. The number of amides is 2. The van der Waals surface area contributed by atoms with Crippen molar-refractivity contribution in [1.82, 2.24) is 0 Å². The molecule has 0 fully saturated rings. The van der Waals surface area contributed by atoms with Crippen molar-refractivity contribution in [1.29, 1.82) is 0 Å². The lowest BCUT2D eigenvalue weighted by molar-refractivity contribution is 0.0999. The Balaban J connectivity index is 0.00000144. The summed E-state index contributed by atoms with van der Waals surface area (Å²) in [5.41, 5.74) is 10.6. The predicted octanol–water partition coefficient (Wildman–Crippen LogP) is 0.306. The number of hydrogen-bond donors (Lipinski definition) is 2. The van der Waals surface area contributed by atoms with Crippen LogP contribution >= 0.6 is 12.4 Å². The molecule has 4 nitrogen and oxygen atoms in total. The minimum Gasteiger partial charge on any atom is -0.366 e. The molecule has 4 N–H and O–H groups in total. The molecule has 70 valence electrons. The lowest BCUT2D eigenvalue weighted by Crippen LogP contribution is -2.14. The zero-order valence-corrected chi connectivity index (χ0v) is 7.51. The van der Waals surface area contributed by atoms with Gasteiger partial charge in [0.15, 0.2) is 0 Å². The smallest absolute Gasteiger partial charge is 0.248 e. The van der Waals surface area contributed by atoms with Crippen molar-refractivity contribution in [3.05, 3.63) is 35.4 Å². The van der Waals surface area contributed by atoms with E-state index in [-0.39, 0.29) is 23.5 Å². The summed E-state index contributed by atoms with van der Waals surface area (Å²) in [7, 11) is 0. The Kier molecular flexibility index (Phi) is 3.94. The fraction of sp³-hybridized carbons (Fsp3) is 0. The van der Waals surface area contributed by atoms with Crippen molar-refractivity contribution in [3.8, 4) is 0 Å². The maximum absolute atomic E-state index is 10.6. The van der Waals surface area contributed by atoms with Gasteiger partial charge in [-0.05, 0) is 18.2 Å². The van der Waals surface area contributed by atoms with Crippen LogP contribution in [-0.4, -0.2) is 11.8 Å². The lowest BCUT2D eigenvalue weighted by Gasteiger charge is -1.97. The van der Waals surface area contributed by atoms with E-state index in [1.54, 1.807) is 6.07 Å². The van der Waals surface area contributed by atoms with E-state index in [1.165, 1.54) is 18.2 Å². The summed E-state index contributed by atoms with van der Waals surface area (Å²) in [6.45, 7) is 0. The normalized spacial score (nSPS) is 8.62. The predicted molar refractivity (Wildman–Crippen MR) is 50.7 cm³/mol. The summed E-state index contributed by atoms with van der Waals surface area (Å²) >= 11 is 0. The highest BCUT2D eigenvalue weighted by Gasteiger charge is 2.03. The van der Waals surface area contributed by atoms with Gasteiger partial charge in [-0.2, -0.15) is 0 Å². The summed E-state index contributed by atoms with van der Waals surface area (Å²) in [5, 5.41) is 0. The van der Waals surface area contributed by atoms with Crippen molar-refractivity contribution in [3.63, 3.8) is 0 Å². The van der Waals surface area contributed by atoms with Crippen LogP contribution in [-0.2, 0) is 0 Å². The first-order chi connectivity index (χ1) is 5.61. The Morgan fingerprint density at radius 2 is 1.38 bits per heavy atom. The van der Waals surface area contributed by atoms with Gasteiger partial charge in [0.2, 0.25) is 11.8 Å². The molecule has 1 aromatic carbocycles. The van der Waals surface area contributed by atoms with Crippen LogP contribution in [0.15, 0.2) is 24.3 Å². The van der Waals surface area contributed by atoms with Crippen LogP contribution in [0.3, 0.4) is 0 Å². The molecule has 0 aliphatic heterocycles. The molecular formula is C8H9ClN2O2. The van der Waals surface area contributed by atoms with Crippen molar-refractivity contribution in [2.24, 2.45) is 11.5 Å². The second-order valence-electron chi connectivity index (χ2n) is 2.31. The third-order valence-electron chi connectivity index (χ3n) is 1.43. The summed E-state index contributed by atoms with van der Waals surface area (Å²) in [5.74, 6) is -1.14. The molecule has 5 heteroatoms. The summed E-state index contributed by atoms with van der Waals surface area (Å²) in [6, 6.07) is 5.97. The van der Waals surface area contributed by atoms with Crippen molar-refractivity contribution < 1.29 is 9.59 Å². The number of carbonyl (C=O) groups is 2. The molecular weight excluding hydrogens is 192 g/mol. The van der Waals surface area contributed by atoms with Gasteiger partial charge in [-0.25, -0.2) is 0 Å². The SMILES string of the molecule is Cl.NC(=O)c1cccc(C(N)=O)c1. The number of carbonyl (C=O) groups excluding carboxylic acids is 2. The highest BCUT2D eigenvalue weighted by molar-refractivity contribution is 5.98. The summed E-state index contributed by atoms with van der Waals surface area (Å²) < 4.78 is 0. The molecule has 0 unspecified atom stereocenters. The van der Waals surface area contributed by atoms with Gasteiger partial charge < -0.3 is 11.5 Å². The molecule has 0 saturated carbocycles. The van der Waals surface area contributed by atoms with Gasteiger partial charge in [-0.1, -0.05) is 6.07 Å². The second kappa shape index (κ2) is 4.47. The van der Waals surface area contributed by atoms with E-state index in [1.807, 2.05) is 0 Å². The number of benzene rings is 1. The Morgan fingerprint density at radius 3 is 1.69 bits per heavy atom. The number of hydrogen-bond acceptors (Lipinski definition) is 2. The van der Waals surface area contributed by atoms with Crippen LogP contribution in [0.1, 0.15) is 20.7 Å². The van der Waals surface area contributed by atoms with E-state index in [4.69, 9.17) is 11.5 Å². The molecule has 0 aliphatic carbocycles. The van der Waals surface area contributed by atoms with E-state index in [2.05, 4.69) is 0 Å². The largest absolute Gasteiger partial charge is 0.366 e. The molecule has 0 radical (unpaired) electrons. The summed E-state index contributed by atoms with van der Waals surface area (Å²) in [6.07, 6.45) is 0. The van der Waals surface area contributed by atoms with Crippen LogP contribution in [0.25, 0.3) is 0 Å². The Bertz CT molecular complexity index is 309. The van der Waals surface area contributed by atoms with Gasteiger partial charge in [0.1, 0.15) is 0 Å². The second-order valence-corrected chi connectivity index (χ2v) is 2.31. The molecule has 1 aromatic rings. The van der Waals surface area contributed by atoms with Crippen LogP contribution < -0.4 is 11.5 Å². The number of rotatable bonds is 2. The maximum Gasteiger partial charge on any atom is 0.248 e. The molecule has 0 bridgehead atoms. The van der Waals surface area contributed by atoms with E-state index in [0.29, 0.717) is 0 Å². The zero-order valence-electron chi connectivity index (χ0n) is 6.69. The fourth-order valence-electron chi connectivity index (χ4n) is 0.826. The monoisotopic (exact) mass is 200 g/mol. The number of nitrogens with two attached hydrogens (primary N) is 2. The minimum absolute atomic E-state index is 0. The van der Waals surface area contributed by atoms with E-state index >= 15 is 0 Å². The maximum atomic E-state index is 10.6. The highest BCUT2D eigenvalue weighted by Crippen LogP contribution is 2.03. The van der Waals surface area contributed by atoms with Gasteiger partial charge >= 0.3 is 0 Å². The third-order valence-corrected chi connectivity index (χ3v) is 1.43. The molecule has 0 aromatic heterocycles.